The first-order valence-corrected chi connectivity index (χ1v) is 4.43. The molecule has 0 bridgehead atoms. The number of hydrogen-bond donors (Lipinski definition) is 1. The van der Waals surface area contributed by atoms with Crippen molar-refractivity contribution >= 4 is 0 Å². The number of nitrogens with zero attached hydrogens (tertiary/aromatic N) is 1. The minimum Gasteiger partial charge on any atom is -0.361 e. The van der Waals surface area contributed by atoms with Crippen molar-refractivity contribution in [3.8, 4) is 0 Å². The predicted molar refractivity (Wildman–Crippen MR) is 48.5 cm³/mol. The summed E-state index contributed by atoms with van der Waals surface area (Å²) in [4.78, 5) is 1.94. The summed E-state index contributed by atoms with van der Waals surface area (Å²) >= 11 is 0. The van der Waals surface area contributed by atoms with Crippen molar-refractivity contribution in [3.05, 3.63) is 12.3 Å². The number of allylic oxidation sites excluding steroid dienone is 1. The number of likely N-dealkylation sites (N-methyl/N-ethyl adjacent to an activating group) is 1. The fourth-order valence-electron chi connectivity index (χ4n) is 1.47. The fraction of sp³-hybridized carbons (Fsp3) is 0.778. The summed E-state index contributed by atoms with van der Waals surface area (Å²) in [6.45, 7) is 0. The molecule has 0 aliphatic carbocycles. The Balaban J connectivity index is 2.53. The summed E-state index contributed by atoms with van der Waals surface area (Å²) in [5.74, 6) is 0. The Morgan fingerprint density at radius 3 is 2.92 bits per heavy atom. The van der Waals surface area contributed by atoms with E-state index in [2.05, 4.69) is 5.32 Å². The van der Waals surface area contributed by atoms with Crippen molar-refractivity contribution in [3.63, 3.8) is 0 Å². The van der Waals surface area contributed by atoms with E-state index >= 15 is 0 Å². The molecule has 0 spiro atoms. The third-order valence-corrected chi connectivity index (χ3v) is 2.25. The highest BCUT2D eigenvalue weighted by atomic mass is 19.1. The molecular weight excluding hydrogens is 155 g/mol. The first-order valence-electron chi connectivity index (χ1n) is 4.43. The topological polar surface area (TPSA) is 15.3 Å². The molecule has 1 aliphatic heterocycles. The molecule has 2 nitrogen and oxygen atoms in total. The number of nitrogens with one attached hydrogen (secondary N) is 1. The third-order valence-electron chi connectivity index (χ3n) is 2.25. The van der Waals surface area contributed by atoms with Gasteiger partial charge in [0.15, 0.2) is 6.30 Å². The van der Waals surface area contributed by atoms with Crippen molar-refractivity contribution in [2.24, 2.45) is 0 Å². The van der Waals surface area contributed by atoms with Gasteiger partial charge in [-0.05, 0) is 39.6 Å². The van der Waals surface area contributed by atoms with E-state index < -0.39 is 6.30 Å². The van der Waals surface area contributed by atoms with Gasteiger partial charge in [0.05, 0.1) is 6.04 Å². The molecule has 1 N–H and O–H groups in total. The minimum atomic E-state index is -0.934. The van der Waals surface area contributed by atoms with E-state index in [1.165, 1.54) is 0 Å². The highest BCUT2D eigenvalue weighted by Crippen LogP contribution is 2.13. The summed E-state index contributed by atoms with van der Waals surface area (Å²) < 4.78 is 13.3. The number of alkyl halides is 1. The fourth-order valence-corrected chi connectivity index (χ4v) is 1.47. The summed E-state index contributed by atoms with van der Waals surface area (Å²) in [6.07, 6.45) is 5.81. The van der Waals surface area contributed by atoms with Crippen LogP contribution in [-0.2, 0) is 0 Å². The van der Waals surface area contributed by atoms with Gasteiger partial charge in [-0.3, -0.25) is 0 Å². The van der Waals surface area contributed by atoms with Gasteiger partial charge in [0.2, 0.25) is 0 Å². The van der Waals surface area contributed by atoms with E-state index in [-0.39, 0.29) is 6.04 Å². The molecule has 0 aromatic rings. The highest BCUT2D eigenvalue weighted by Gasteiger charge is 2.21. The van der Waals surface area contributed by atoms with E-state index in [0.29, 0.717) is 0 Å². The van der Waals surface area contributed by atoms with Crippen LogP contribution < -0.4 is 5.32 Å². The quantitative estimate of drug-likeness (QED) is 0.603. The lowest BCUT2D eigenvalue weighted by Crippen LogP contribution is -2.43. The smallest absolute Gasteiger partial charge is 0.185 e. The Labute approximate surface area is 73.4 Å². The molecule has 2 unspecified atom stereocenters. The molecule has 0 aromatic heterocycles. The first kappa shape index (κ1) is 9.52. The van der Waals surface area contributed by atoms with Gasteiger partial charge >= 0.3 is 0 Å². The first-order chi connectivity index (χ1) is 5.72. The minimum absolute atomic E-state index is 0.00921. The van der Waals surface area contributed by atoms with Gasteiger partial charge in [-0.15, -0.1) is 0 Å². The molecule has 70 valence electrons. The Bertz CT molecular complexity index is 157. The Kier molecular flexibility index (Phi) is 3.53. The Morgan fingerprint density at radius 2 is 2.25 bits per heavy atom. The zero-order valence-electron chi connectivity index (χ0n) is 7.76. The summed E-state index contributed by atoms with van der Waals surface area (Å²) in [5.41, 5.74) is 0. The van der Waals surface area contributed by atoms with Gasteiger partial charge in [0.1, 0.15) is 0 Å². The molecule has 0 aromatic carbocycles. The summed E-state index contributed by atoms with van der Waals surface area (Å²) in [7, 11) is 3.84. The van der Waals surface area contributed by atoms with Gasteiger partial charge in [0.25, 0.3) is 0 Å². The lowest BCUT2D eigenvalue weighted by molar-refractivity contribution is 0.130. The maximum Gasteiger partial charge on any atom is 0.185 e. The van der Waals surface area contributed by atoms with Crippen molar-refractivity contribution in [2.75, 3.05) is 14.1 Å². The molecule has 0 fully saturated rings. The van der Waals surface area contributed by atoms with Crippen LogP contribution >= 0.6 is 0 Å². The van der Waals surface area contributed by atoms with Crippen LogP contribution in [0.5, 0.6) is 0 Å². The standard InChI is InChI=1S/C9H17FN2/c1-12(2)8-6-4-3-5-7-11-9(8)10/h5,7-9,11H,3-4,6H2,1-2H3/b7-5-. The molecule has 2 atom stereocenters. The molecular formula is C9H17FN2. The van der Waals surface area contributed by atoms with Crippen molar-refractivity contribution < 1.29 is 4.39 Å². The second-order valence-corrected chi connectivity index (χ2v) is 3.43. The molecule has 12 heavy (non-hydrogen) atoms. The van der Waals surface area contributed by atoms with Gasteiger partial charge in [-0.2, -0.15) is 0 Å². The molecule has 1 heterocycles. The van der Waals surface area contributed by atoms with Crippen LogP contribution in [0.3, 0.4) is 0 Å². The van der Waals surface area contributed by atoms with E-state index in [4.69, 9.17) is 0 Å². The van der Waals surface area contributed by atoms with E-state index in [1.54, 1.807) is 6.20 Å². The van der Waals surface area contributed by atoms with Gasteiger partial charge in [0, 0.05) is 0 Å². The van der Waals surface area contributed by atoms with Crippen molar-refractivity contribution in [1.82, 2.24) is 10.2 Å². The third kappa shape index (κ3) is 2.48. The van der Waals surface area contributed by atoms with Crippen molar-refractivity contribution in [2.45, 2.75) is 31.6 Å². The lowest BCUT2D eigenvalue weighted by atomic mass is 10.1. The van der Waals surface area contributed by atoms with Crippen LogP contribution in [0.15, 0.2) is 12.3 Å². The van der Waals surface area contributed by atoms with Gasteiger partial charge in [-0.1, -0.05) is 6.08 Å². The molecule has 1 aliphatic rings. The van der Waals surface area contributed by atoms with Crippen molar-refractivity contribution in [1.29, 1.82) is 0 Å². The normalized spacial score (nSPS) is 33.7. The monoisotopic (exact) mass is 172 g/mol. The average molecular weight is 172 g/mol. The highest BCUT2D eigenvalue weighted by molar-refractivity contribution is 4.88. The molecule has 3 heteroatoms. The van der Waals surface area contributed by atoms with Gasteiger partial charge in [-0.25, -0.2) is 4.39 Å². The molecule has 0 radical (unpaired) electrons. The predicted octanol–water partition coefficient (Wildman–Crippen LogP) is 1.50. The maximum absolute atomic E-state index is 13.3. The van der Waals surface area contributed by atoms with Crippen LogP contribution in [0.2, 0.25) is 0 Å². The molecule has 0 saturated carbocycles. The largest absolute Gasteiger partial charge is 0.361 e. The van der Waals surface area contributed by atoms with E-state index in [1.807, 2.05) is 25.1 Å². The second-order valence-electron chi connectivity index (χ2n) is 3.43. The molecule has 0 amide bonds. The van der Waals surface area contributed by atoms with Crippen LogP contribution in [0.1, 0.15) is 19.3 Å². The Morgan fingerprint density at radius 1 is 1.50 bits per heavy atom. The second kappa shape index (κ2) is 4.45. The summed E-state index contributed by atoms with van der Waals surface area (Å²) in [5, 5.41) is 2.73. The number of rotatable bonds is 1. The van der Waals surface area contributed by atoms with E-state index in [9.17, 15) is 4.39 Å². The van der Waals surface area contributed by atoms with E-state index in [0.717, 1.165) is 19.3 Å². The molecule has 1 rings (SSSR count). The average Bonchev–Trinajstić information content (AvgIpc) is 1.96. The van der Waals surface area contributed by atoms with Crippen LogP contribution in [0, 0.1) is 0 Å². The lowest BCUT2D eigenvalue weighted by Gasteiger charge is -2.28. The zero-order valence-corrected chi connectivity index (χ0v) is 7.76. The summed E-state index contributed by atoms with van der Waals surface area (Å²) in [6, 6.07) is 0.00921. The maximum atomic E-state index is 13.3. The zero-order chi connectivity index (χ0) is 8.97. The SMILES string of the molecule is CN(C)C1CCC/C=C\NC1F. The molecule has 0 saturated heterocycles. The van der Waals surface area contributed by atoms with Crippen LogP contribution in [0.25, 0.3) is 0 Å². The number of hydrogen-bond acceptors (Lipinski definition) is 2. The number of halogens is 1. The van der Waals surface area contributed by atoms with Gasteiger partial charge < -0.3 is 10.2 Å². The van der Waals surface area contributed by atoms with Crippen LogP contribution in [0.4, 0.5) is 4.39 Å². The van der Waals surface area contributed by atoms with Crippen LogP contribution in [-0.4, -0.2) is 31.3 Å². The Hall–Kier alpha value is -0.570.